The van der Waals surface area contributed by atoms with E-state index in [1.807, 2.05) is 46.1 Å². The van der Waals surface area contributed by atoms with Gasteiger partial charge in [-0.15, -0.1) is 0 Å². The zero-order valence-corrected chi connectivity index (χ0v) is 14.1. The van der Waals surface area contributed by atoms with Crippen LogP contribution in [0.25, 0.3) is 0 Å². The van der Waals surface area contributed by atoms with E-state index in [4.69, 9.17) is 5.73 Å². The molecule has 0 aliphatic rings. The number of nitrogens with zero attached hydrogens (tertiary/aromatic N) is 1. The van der Waals surface area contributed by atoms with Crippen molar-refractivity contribution < 1.29 is 8.42 Å². The molecule has 6 heteroatoms. The summed E-state index contributed by atoms with van der Waals surface area (Å²) < 4.78 is 29.5. The molecule has 0 aromatic carbocycles. The van der Waals surface area contributed by atoms with Gasteiger partial charge in [0, 0.05) is 30.5 Å². The average Bonchev–Trinajstić information content (AvgIpc) is 2.71. The standard InChI is InChI=1S/C14H27N3O2S/c1-10(2)17-9-13(7-12(17)8-15)20(18,19)16-11(3)14(4,5)6/h7,9-11,16H,8,15H2,1-6H3. The van der Waals surface area contributed by atoms with Crippen molar-refractivity contribution in [3.05, 3.63) is 18.0 Å². The van der Waals surface area contributed by atoms with E-state index in [0.29, 0.717) is 6.54 Å². The second-order valence-electron chi connectivity index (χ2n) is 6.58. The van der Waals surface area contributed by atoms with Crippen molar-refractivity contribution in [2.75, 3.05) is 0 Å². The van der Waals surface area contributed by atoms with Crippen LogP contribution < -0.4 is 10.5 Å². The zero-order valence-electron chi connectivity index (χ0n) is 13.3. The molecule has 0 bridgehead atoms. The summed E-state index contributed by atoms with van der Waals surface area (Å²) in [5.74, 6) is 0. The molecule has 1 heterocycles. The highest BCUT2D eigenvalue weighted by Gasteiger charge is 2.27. The van der Waals surface area contributed by atoms with Crippen molar-refractivity contribution >= 4 is 10.0 Å². The van der Waals surface area contributed by atoms with Crippen LogP contribution in [-0.2, 0) is 16.6 Å². The van der Waals surface area contributed by atoms with E-state index >= 15 is 0 Å². The van der Waals surface area contributed by atoms with Crippen LogP contribution in [0.3, 0.4) is 0 Å². The maximum Gasteiger partial charge on any atom is 0.242 e. The minimum atomic E-state index is -3.51. The van der Waals surface area contributed by atoms with Crippen LogP contribution in [0.1, 0.15) is 53.3 Å². The SMILES string of the molecule is CC(C)n1cc(S(=O)(=O)NC(C)C(C)(C)C)cc1CN. The molecule has 5 nitrogen and oxygen atoms in total. The molecule has 20 heavy (non-hydrogen) atoms. The monoisotopic (exact) mass is 301 g/mol. The Morgan fingerprint density at radius 1 is 1.30 bits per heavy atom. The third-order valence-electron chi connectivity index (χ3n) is 3.61. The van der Waals surface area contributed by atoms with E-state index in [2.05, 4.69) is 4.72 Å². The first-order chi connectivity index (χ1) is 8.99. The van der Waals surface area contributed by atoms with Gasteiger partial charge in [-0.25, -0.2) is 13.1 Å². The summed E-state index contributed by atoms with van der Waals surface area (Å²) in [6.07, 6.45) is 1.66. The highest BCUT2D eigenvalue weighted by Crippen LogP contribution is 2.23. The number of nitrogens with one attached hydrogen (secondary N) is 1. The minimum Gasteiger partial charge on any atom is -0.346 e. The van der Waals surface area contributed by atoms with E-state index in [-0.39, 0.29) is 22.4 Å². The Balaban J connectivity index is 3.11. The third kappa shape index (κ3) is 3.84. The molecule has 0 amide bonds. The van der Waals surface area contributed by atoms with Crippen LogP contribution in [0.5, 0.6) is 0 Å². The fraction of sp³-hybridized carbons (Fsp3) is 0.714. The molecule has 1 rings (SSSR count). The molecule has 0 aliphatic carbocycles. The topological polar surface area (TPSA) is 77.1 Å². The molecule has 0 fully saturated rings. The van der Waals surface area contributed by atoms with Gasteiger partial charge in [0.15, 0.2) is 0 Å². The lowest BCUT2D eigenvalue weighted by molar-refractivity contribution is 0.317. The fourth-order valence-electron chi connectivity index (χ4n) is 1.77. The molecule has 1 atom stereocenters. The second-order valence-corrected chi connectivity index (χ2v) is 8.30. The van der Waals surface area contributed by atoms with Crippen molar-refractivity contribution in [3.63, 3.8) is 0 Å². The summed E-state index contributed by atoms with van der Waals surface area (Å²) in [7, 11) is -3.51. The number of sulfonamides is 1. The van der Waals surface area contributed by atoms with Crippen LogP contribution >= 0.6 is 0 Å². The first kappa shape index (κ1) is 17.2. The van der Waals surface area contributed by atoms with Crippen LogP contribution in [-0.4, -0.2) is 19.0 Å². The summed E-state index contributed by atoms with van der Waals surface area (Å²) in [6, 6.07) is 1.67. The van der Waals surface area contributed by atoms with E-state index in [9.17, 15) is 8.42 Å². The highest BCUT2D eigenvalue weighted by atomic mass is 32.2. The highest BCUT2D eigenvalue weighted by molar-refractivity contribution is 7.89. The summed E-state index contributed by atoms with van der Waals surface area (Å²) in [4.78, 5) is 0.280. The Morgan fingerprint density at radius 3 is 2.20 bits per heavy atom. The normalized spacial score (nSPS) is 14.8. The van der Waals surface area contributed by atoms with Gasteiger partial charge in [0.25, 0.3) is 0 Å². The third-order valence-corrected chi connectivity index (χ3v) is 5.12. The van der Waals surface area contributed by atoms with Gasteiger partial charge in [-0.3, -0.25) is 0 Å². The van der Waals surface area contributed by atoms with Gasteiger partial charge < -0.3 is 10.3 Å². The average molecular weight is 301 g/mol. The molecular formula is C14H27N3O2S. The largest absolute Gasteiger partial charge is 0.346 e. The lowest BCUT2D eigenvalue weighted by Crippen LogP contribution is -2.41. The predicted molar refractivity (Wildman–Crippen MR) is 81.9 cm³/mol. The lowest BCUT2D eigenvalue weighted by Gasteiger charge is -2.27. The Hall–Kier alpha value is -0.850. The molecule has 0 radical (unpaired) electrons. The summed E-state index contributed by atoms with van der Waals surface area (Å²) in [6.45, 7) is 12.2. The van der Waals surface area contributed by atoms with Gasteiger partial charge in [0.2, 0.25) is 10.0 Å². The number of rotatable bonds is 5. The minimum absolute atomic E-state index is 0.135. The van der Waals surface area contributed by atoms with Gasteiger partial charge in [0.1, 0.15) is 0 Å². The predicted octanol–water partition coefficient (Wildman–Crippen LogP) is 2.24. The Morgan fingerprint density at radius 2 is 1.85 bits per heavy atom. The van der Waals surface area contributed by atoms with Gasteiger partial charge in [0.05, 0.1) is 4.90 Å². The molecule has 0 saturated carbocycles. The molecule has 0 spiro atoms. The Labute approximate surface area is 122 Å². The number of nitrogens with two attached hydrogens (primary N) is 1. The Kier molecular flexibility index (Phi) is 5.05. The van der Waals surface area contributed by atoms with E-state index in [1.165, 1.54) is 0 Å². The van der Waals surface area contributed by atoms with Crippen molar-refractivity contribution in [2.45, 2.75) is 65.1 Å². The van der Waals surface area contributed by atoms with Crippen LogP contribution in [0.4, 0.5) is 0 Å². The number of hydrogen-bond donors (Lipinski definition) is 2. The fourth-order valence-corrected chi connectivity index (χ4v) is 3.26. The molecule has 0 saturated heterocycles. The summed E-state index contributed by atoms with van der Waals surface area (Å²) >= 11 is 0. The van der Waals surface area contributed by atoms with E-state index in [1.54, 1.807) is 12.3 Å². The molecule has 1 aromatic heterocycles. The van der Waals surface area contributed by atoms with Crippen molar-refractivity contribution in [2.24, 2.45) is 11.1 Å². The number of aromatic nitrogens is 1. The first-order valence-electron chi connectivity index (χ1n) is 6.92. The van der Waals surface area contributed by atoms with Crippen molar-refractivity contribution in [3.8, 4) is 0 Å². The quantitative estimate of drug-likeness (QED) is 0.875. The maximum atomic E-state index is 12.4. The molecular weight excluding hydrogens is 274 g/mol. The zero-order chi connectivity index (χ0) is 15.7. The summed E-state index contributed by atoms with van der Waals surface area (Å²) in [5.41, 5.74) is 6.37. The lowest BCUT2D eigenvalue weighted by atomic mass is 9.89. The maximum absolute atomic E-state index is 12.4. The van der Waals surface area contributed by atoms with Gasteiger partial charge in [-0.05, 0) is 32.3 Å². The van der Waals surface area contributed by atoms with Gasteiger partial charge >= 0.3 is 0 Å². The second kappa shape index (κ2) is 5.87. The van der Waals surface area contributed by atoms with E-state index in [0.717, 1.165) is 5.69 Å². The van der Waals surface area contributed by atoms with Crippen molar-refractivity contribution in [1.29, 1.82) is 0 Å². The smallest absolute Gasteiger partial charge is 0.242 e. The molecule has 116 valence electrons. The molecule has 0 aliphatic heterocycles. The summed E-state index contributed by atoms with van der Waals surface area (Å²) in [5, 5.41) is 0. The van der Waals surface area contributed by atoms with E-state index < -0.39 is 10.0 Å². The van der Waals surface area contributed by atoms with Gasteiger partial charge in [-0.1, -0.05) is 20.8 Å². The first-order valence-corrected chi connectivity index (χ1v) is 8.40. The van der Waals surface area contributed by atoms with Crippen LogP contribution in [0, 0.1) is 5.41 Å². The molecule has 3 N–H and O–H groups in total. The van der Waals surface area contributed by atoms with Crippen molar-refractivity contribution in [1.82, 2.24) is 9.29 Å². The van der Waals surface area contributed by atoms with Crippen LogP contribution in [0.15, 0.2) is 17.2 Å². The van der Waals surface area contributed by atoms with Crippen LogP contribution in [0.2, 0.25) is 0 Å². The van der Waals surface area contributed by atoms with Gasteiger partial charge in [-0.2, -0.15) is 0 Å². The molecule has 1 aromatic rings. The molecule has 1 unspecified atom stereocenters. The number of hydrogen-bond acceptors (Lipinski definition) is 3. The Bertz CT molecular complexity index is 553.